The van der Waals surface area contributed by atoms with E-state index in [9.17, 15) is 9.90 Å². The molecule has 0 bridgehead atoms. The molecule has 2 N–H and O–H groups in total. The maximum absolute atomic E-state index is 13.0. The Labute approximate surface area is 167 Å². The van der Waals surface area contributed by atoms with Crippen molar-refractivity contribution in [1.29, 1.82) is 0 Å². The molecule has 28 heavy (non-hydrogen) atoms. The Morgan fingerprint density at radius 3 is 2.61 bits per heavy atom. The summed E-state index contributed by atoms with van der Waals surface area (Å²) in [7, 11) is 0. The van der Waals surface area contributed by atoms with E-state index in [-0.39, 0.29) is 29.9 Å². The lowest BCUT2D eigenvalue weighted by molar-refractivity contribution is -0.128. The first-order chi connectivity index (χ1) is 13.5. The number of aliphatic hydroxyl groups is 1. The molecule has 4 rings (SSSR count). The van der Waals surface area contributed by atoms with Crippen molar-refractivity contribution in [3.8, 4) is 0 Å². The van der Waals surface area contributed by atoms with Crippen LogP contribution in [0.3, 0.4) is 0 Å². The van der Waals surface area contributed by atoms with Crippen LogP contribution >= 0.6 is 0 Å². The van der Waals surface area contributed by atoms with Crippen molar-refractivity contribution >= 4 is 16.8 Å². The number of aromatic nitrogens is 1. The second-order valence-electron chi connectivity index (χ2n) is 8.74. The van der Waals surface area contributed by atoms with Crippen molar-refractivity contribution < 1.29 is 9.90 Å². The van der Waals surface area contributed by atoms with Crippen LogP contribution in [0.1, 0.15) is 51.1 Å². The summed E-state index contributed by atoms with van der Waals surface area (Å²) >= 11 is 0. The van der Waals surface area contributed by atoms with Gasteiger partial charge in [0.25, 0.3) is 0 Å². The first kappa shape index (κ1) is 19.3. The number of carbonyl (C=O) groups is 1. The Morgan fingerprint density at radius 2 is 1.93 bits per heavy atom. The lowest BCUT2D eigenvalue weighted by atomic mass is 9.75. The fourth-order valence-electron chi connectivity index (χ4n) is 4.58. The summed E-state index contributed by atoms with van der Waals surface area (Å²) in [6.07, 6.45) is 4.96. The van der Waals surface area contributed by atoms with Gasteiger partial charge in [0.15, 0.2) is 0 Å². The van der Waals surface area contributed by atoms with Crippen molar-refractivity contribution in [1.82, 2.24) is 15.2 Å². The predicted molar refractivity (Wildman–Crippen MR) is 111 cm³/mol. The third-order valence-electron chi connectivity index (χ3n) is 6.52. The lowest BCUT2D eigenvalue weighted by Crippen LogP contribution is -2.46. The van der Waals surface area contributed by atoms with Crippen LogP contribution in [-0.2, 0) is 4.79 Å². The molecule has 2 aromatic rings. The number of hydrogen-bond acceptors (Lipinski definition) is 4. The molecule has 1 atom stereocenters. The number of aliphatic hydroxyl groups excluding tert-OH is 1. The molecule has 5 heteroatoms. The molecule has 2 heterocycles. The van der Waals surface area contributed by atoms with E-state index in [1.165, 1.54) is 0 Å². The number of rotatable bonds is 5. The molecule has 1 aromatic carbocycles. The third-order valence-corrected chi connectivity index (χ3v) is 6.52. The number of carbonyl (C=O) groups excluding carboxylic acids is 1. The van der Waals surface area contributed by atoms with Crippen LogP contribution in [-0.4, -0.2) is 46.1 Å². The Bertz CT molecular complexity index is 823. The van der Waals surface area contributed by atoms with Crippen LogP contribution in [0.15, 0.2) is 36.5 Å². The average Bonchev–Trinajstić information content (AvgIpc) is 2.69. The predicted octanol–water partition coefficient (Wildman–Crippen LogP) is 3.28. The van der Waals surface area contributed by atoms with E-state index in [4.69, 9.17) is 0 Å². The number of likely N-dealkylation sites (tertiary alicyclic amines) is 1. The van der Waals surface area contributed by atoms with Gasteiger partial charge in [0.05, 0.1) is 17.7 Å². The maximum Gasteiger partial charge on any atom is 0.223 e. The topological polar surface area (TPSA) is 65.5 Å². The summed E-state index contributed by atoms with van der Waals surface area (Å²) < 4.78 is 0. The number of benzene rings is 1. The van der Waals surface area contributed by atoms with E-state index < -0.39 is 0 Å². The highest BCUT2D eigenvalue weighted by atomic mass is 16.3. The number of amides is 1. The van der Waals surface area contributed by atoms with Gasteiger partial charge in [-0.25, -0.2) is 0 Å². The van der Waals surface area contributed by atoms with Crippen LogP contribution < -0.4 is 5.32 Å². The van der Waals surface area contributed by atoms with Crippen molar-refractivity contribution in [2.45, 2.75) is 57.7 Å². The van der Waals surface area contributed by atoms with Crippen molar-refractivity contribution in [2.24, 2.45) is 11.8 Å². The molecule has 1 aliphatic heterocycles. The molecule has 0 radical (unpaired) electrons. The SMILES string of the molecule is CC(C)N1CCC(C(=O)NC(c2cnc3ccccc3c2)C2CC(O)C2)CC1. The molecule has 1 amide bonds. The number of piperidine rings is 1. The molecule has 2 fully saturated rings. The monoisotopic (exact) mass is 381 g/mol. The fraction of sp³-hybridized carbons (Fsp3) is 0.565. The van der Waals surface area contributed by atoms with Crippen LogP contribution in [0.25, 0.3) is 10.9 Å². The van der Waals surface area contributed by atoms with Gasteiger partial charge in [-0.2, -0.15) is 0 Å². The summed E-state index contributed by atoms with van der Waals surface area (Å²) in [6, 6.07) is 10.7. The molecule has 1 saturated carbocycles. The molecule has 1 unspecified atom stereocenters. The van der Waals surface area contributed by atoms with Gasteiger partial charge in [-0.3, -0.25) is 9.78 Å². The number of hydrogen-bond donors (Lipinski definition) is 2. The third kappa shape index (κ3) is 4.06. The van der Waals surface area contributed by atoms with Crippen LogP contribution in [0.5, 0.6) is 0 Å². The highest BCUT2D eigenvalue weighted by Gasteiger charge is 2.37. The van der Waals surface area contributed by atoms with E-state index >= 15 is 0 Å². The largest absolute Gasteiger partial charge is 0.393 e. The van der Waals surface area contributed by atoms with Crippen molar-refractivity contribution in [3.63, 3.8) is 0 Å². The molecule has 1 saturated heterocycles. The van der Waals surface area contributed by atoms with Gasteiger partial charge in [-0.1, -0.05) is 18.2 Å². The summed E-state index contributed by atoms with van der Waals surface area (Å²) in [5.41, 5.74) is 2.01. The van der Waals surface area contributed by atoms with Crippen molar-refractivity contribution in [2.75, 3.05) is 13.1 Å². The van der Waals surface area contributed by atoms with Gasteiger partial charge in [-0.15, -0.1) is 0 Å². The number of nitrogens with zero attached hydrogens (tertiary/aromatic N) is 2. The molecule has 1 aromatic heterocycles. The van der Waals surface area contributed by atoms with E-state index in [1.54, 1.807) is 0 Å². The van der Waals surface area contributed by atoms with E-state index in [2.05, 4.69) is 41.2 Å². The lowest BCUT2D eigenvalue weighted by Gasteiger charge is -2.39. The summed E-state index contributed by atoms with van der Waals surface area (Å²) in [6.45, 7) is 6.40. The minimum Gasteiger partial charge on any atom is -0.393 e. The summed E-state index contributed by atoms with van der Waals surface area (Å²) in [5, 5.41) is 14.2. The molecular weight excluding hydrogens is 350 g/mol. The molecular formula is C23H31N3O2. The zero-order valence-corrected chi connectivity index (χ0v) is 16.8. The van der Waals surface area contributed by atoms with Crippen molar-refractivity contribution in [3.05, 3.63) is 42.1 Å². The molecule has 1 aliphatic carbocycles. The number of nitrogens with one attached hydrogen (secondary N) is 1. The first-order valence-corrected chi connectivity index (χ1v) is 10.6. The minimum absolute atomic E-state index is 0.0730. The average molecular weight is 382 g/mol. The van der Waals surface area contributed by atoms with Crippen LogP contribution in [0, 0.1) is 11.8 Å². The second kappa shape index (κ2) is 8.18. The Morgan fingerprint density at radius 1 is 1.21 bits per heavy atom. The standard InChI is InChI=1S/C23H31N3O2/c1-15(2)26-9-7-16(8-10-26)23(28)25-22(18-12-20(27)13-18)19-11-17-5-3-4-6-21(17)24-14-19/h3-6,11,14-16,18,20,22,27H,7-10,12-13H2,1-2H3,(H,25,28). The second-order valence-corrected chi connectivity index (χ2v) is 8.74. The smallest absolute Gasteiger partial charge is 0.223 e. The quantitative estimate of drug-likeness (QED) is 0.834. The molecule has 2 aliphatic rings. The number of pyridine rings is 1. The summed E-state index contributed by atoms with van der Waals surface area (Å²) in [4.78, 5) is 20.1. The molecule has 150 valence electrons. The zero-order valence-electron chi connectivity index (χ0n) is 16.8. The highest BCUT2D eigenvalue weighted by molar-refractivity contribution is 5.81. The zero-order chi connectivity index (χ0) is 19.7. The van der Waals surface area contributed by atoms with E-state index in [0.29, 0.717) is 6.04 Å². The number of para-hydroxylation sites is 1. The normalized spacial score (nSPS) is 24.9. The Hall–Kier alpha value is -1.98. The van der Waals surface area contributed by atoms with E-state index in [0.717, 1.165) is 55.2 Å². The summed E-state index contributed by atoms with van der Waals surface area (Å²) in [5.74, 6) is 0.511. The van der Waals surface area contributed by atoms with Gasteiger partial charge >= 0.3 is 0 Å². The Balaban J connectivity index is 1.49. The van der Waals surface area contributed by atoms with Gasteiger partial charge in [0.1, 0.15) is 0 Å². The van der Waals surface area contributed by atoms with Crippen LogP contribution in [0.4, 0.5) is 0 Å². The highest BCUT2D eigenvalue weighted by Crippen LogP contribution is 2.39. The van der Waals surface area contributed by atoms with Gasteiger partial charge in [0, 0.05) is 23.5 Å². The first-order valence-electron chi connectivity index (χ1n) is 10.6. The van der Waals surface area contributed by atoms with Crippen LogP contribution in [0.2, 0.25) is 0 Å². The van der Waals surface area contributed by atoms with E-state index in [1.807, 2.05) is 24.4 Å². The fourth-order valence-corrected chi connectivity index (χ4v) is 4.58. The van der Waals surface area contributed by atoms with Gasteiger partial charge in [0.2, 0.25) is 5.91 Å². The number of fused-ring (bicyclic) bond motifs is 1. The van der Waals surface area contributed by atoms with Gasteiger partial charge < -0.3 is 15.3 Å². The molecule has 5 nitrogen and oxygen atoms in total. The van der Waals surface area contributed by atoms with Gasteiger partial charge in [-0.05, 0) is 76.2 Å². The maximum atomic E-state index is 13.0. The molecule has 0 spiro atoms. The minimum atomic E-state index is -0.243. The Kier molecular flexibility index (Phi) is 5.65.